The molecule has 20 heavy (non-hydrogen) atoms. The molecule has 0 fully saturated rings. The first-order valence-electron chi connectivity index (χ1n) is 6.43. The molecule has 0 aliphatic rings. The number of hydrogen-bond acceptors (Lipinski definition) is 3. The number of fused-ring (bicyclic) bond motifs is 1. The lowest BCUT2D eigenvalue weighted by atomic mass is 10.0. The molecular formula is C16H16O4. The lowest BCUT2D eigenvalue weighted by Gasteiger charge is -2.05. The highest BCUT2D eigenvalue weighted by atomic mass is 16.5. The standard InChI is InChI=1S/C16H16O4/c1-20-14-8-7-12-9-11(5-6-13(12)10-14)3-2-4-15(17)16(18)19/h5-10H,2-4H2,1H3,(H,18,19). The zero-order valence-electron chi connectivity index (χ0n) is 11.3. The van der Waals surface area contributed by atoms with Gasteiger partial charge in [0.05, 0.1) is 7.11 Å². The summed E-state index contributed by atoms with van der Waals surface area (Å²) in [6, 6.07) is 11.9. The Balaban J connectivity index is 2.05. The van der Waals surface area contributed by atoms with Crippen molar-refractivity contribution in [3.05, 3.63) is 42.0 Å². The van der Waals surface area contributed by atoms with Gasteiger partial charge in [-0.05, 0) is 41.3 Å². The first-order chi connectivity index (χ1) is 9.60. The van der Waals surface area contributed by atoms with Crippen molar-refractivity contribution in [3.8, 4) is 5.75 Å². The summed E-state index contributed by atoms with van der Waals surface area (Å²) in [5.41, 5.74) is 1.10. The smallest absolute Gasteiger partial charge is 0.372 e. The van der Waals surface area contributed by atoms with E-state index in [2.05, 4.69) is 6.07 Å². The molecule has 2 aromatic rings. The van der Waals surface area contributed by atoms with Crippen LogP contribution in [0.25, 0.3) is 10.8 Å². The summed E-state index contributed by atoms with van der Waals surface area (Å²) in [5.74, 6) is -1.26. The minimum atomic E-state index is -1.35. The van der Waals surface area contributed by atoms with Crippen LogP contribution in [-0.4, -0.2) is 24.0 Å². The lowest BCUT2D eigenvalue weighted by Crippen LogP contribution is -2.12. The van der Waals surface area contributed by atoms with Crippen molar-refractivity contribution >= 4 is 22.5 Å². The fourth-order valence-corrected chi connectivity index (χ4v) is 2.12. The maximum Gasteiger partial charge on any atom is 0.372 e. The van der Waals surface area contributed by atoms with Crippen molar-refractivity contribution in [1.82, 2.24) is 0 Å². The average Bonchev–Trinajstić information content (AvgIpc) is 2.46. The zero-order chi connectivity index (χ0) is 14.5. The molecule has 104 valence electrons. The fourth-order valence-electron chi connectivity index (χ4n) is 2.12. The number of carboxylic acid groups (broad SMARTS) is 1. The van der Waals surface area contributed by atoms with E-state index in [1.165, 1.54) is 0 Å². The molecule has 0 aliphatic heterocycles. The third kappa shape index (κ3) is 3.35. The molecule has 0 spiro atoms. The molecule has 0 unspecified atom stereocenters. The number of ketones is 1. The Morgan fingerprint density at radius 1 is 1.10 bits per heavy atom. The number of carbonyl (C=O) groups excluding carboxylic acids is 1. The van der Waals surface area contributed by atoms with Crippen LogP contribution >= 0.6 is 0 Å². The summed E-state index contributed by atoms with van der Waals surface area (Å²) in [6.07, 6.45) is 1.32. The summed E-state index contributed by atoms with van der Waals surface area (Å²) in [6.45, 7) is 0. The van der Waals surface area contributed by atoms with Gasteiger partial charge in [-0.15, -0.1) is 0 Å². The molecule has 0 amide bonds. The Hall–Kier alpha value is -2.36. The summed E-state index contributed by atoms with van der Waals surface area (Å²) < 4.78 is 5.17. The lowest BCUT2D eigenvalue weighted by molar-refractivity contribution is -0.149. The first-order valence-corrected chi connectivity index (χ1v) is 6.43. The molecular weight excluding hydrogens is 256 g/mol. The van der Waals surface area contributed by atoms with E-state index < -0.39 is 11.8 Å². The van der Waals surface area contributed by atoms with Gasteiger partial charge in [-0.3, -0.25) is 4.79 Å². The van der Waals surface area contributed by atoms with E-state index in [4.69, 9.17) is 9.84 Å². The van der Waals surface area contributed by atoms with Crippen LogP contribution in [0.4, 0.5) is 0 Å². The number of carboxylic acids is 1. The third-order valence-corrected chi connectivity index (χ3v) is 3.22. The summed E-state index contributed by atoms with van der Waals surface area (Å²) in [4.78, 5) is 21.4. The first kappa shape index (κ1) is 14.1. The number of ether oxygens (including phenoxy) is 1. The summed E-state index contributed by atoms with van der Waals surface area (Å²) in [7, 11) is 1.63. The Morgan fingerprint density at radius 3 is 2.50 bits per heavy atom. The predicted octanol–water partition coefficient (Wildman–Crippen LogP) is 2.82. The van der Waals surface area contributed by atoms with Gasteiger partial charge >= 0.3 is 5.97 Å². The number of Topliss-reactive ketones (excluding diaryl/α,β-unsaturated/α-hetero) is 1. The number of carbonyl (C=O) groups is 2. The highest BCUT2D eigenvalue weighted by Crippen LogP contribution is 2.22. The predicted molar refractivity (Wildman–Crippen MR) is 76.1 cm³/mol. The van der Waals surface area contributed by atoms with E-state index in [1.54, 1.807) is 7.11 Å². The van der Waals surface area contributed by atoms with E-state index in [0.717, 1.165) is 22.1 Å². The second kappa shape index (κ2) is 6.19. The number of aryl methyl sites for hydroxylation is 1. The number of rotatable bonds is 6. The minimum absolute atomic E-state index is 0.0793. The second-order valence-electron chi connectivity index (χ2n) is 4.63. The van der Waals surface area contributed by atoms with Crippen LogP contribution in [0.3, 0.4) is 0 Å². The normalized spacial score (nSPS) is 10.4. The van der Waals surface area contributed by atoms with E-state index >= 15 is 0 Å². The van der Waals surface area contributed by atoms with Gasteiger partial charge in [0, 0.05) is 6.42 Å². The molecule has 4 nitrogen and oxygen atoms in total. The molecule has 0 atom stereocenters. The quantitative estimate of drug-likeness (QED) is 0.821. The maximum atomic E-state index is 11.0. The van der Waals surface area contributed by atoms with Gasteiger partial charge in [-0.1, -0.05) is 24.3 Å². The van der Waals surface area contributed by atoms with Crippen LogP contribution in [0.5, 0.6) is 5.75 Å². The van der Waals surface area contributed by atoms with Crippen molar-refractivity contribution in [2.24, 2.45) is 0 Å². The van der Waals surface area contributed by atoms with Crippen molar-refractivity contribution in [2.75, 3.05) is 7.11 Å². The third-order valence-electron chi connectivity index (χ3n) is 3.22. The highest BCUT2D eigenvalue weighted by molar-refractivity contribution is 6.32. The van der Waals surface area contributed by atoms with Gasteiger partial charge in [0.1, 0.15) is 5.75 Å². The van der Waals surface area contributed by atoms with E-state index in [0.29, 0.717) is 12.8 Å². The largest absolute Gasteiger partial charge is 0.497 e. The zero-order valence-corrected chi connectivity index (χ0v) is 11.3. The van der Waals surface area contributed by atoms with Crippen molar-refractivity contribution in [3.63, 3.8) is 0 Å². The number of hydrogen-bond donors (Lipinski definition) is 1. The average molecular weight is 272 g/mol. The SMILES string of the molecule is COc1ccc2cc(CCCC(=O)C(=O)O)ccc2c1. The van der Waals surface area contributed by atoms with Crippen molar-refractivity contribution < 1.29 is 19.4 Å². The van der Waals surface area contributed by atoms with Crippen LogP contribution < -0.4 is 4.74 Å². The topological polar surface area (TPSA) is 63.6 Å². The monoisotopic (exact) mass is 272 g/mol. The number of benzene rings is 2. The van der Waals surface area contributed by atoms with Crippen molar-refractivity contribution in [2.45, 2.75) is 19.3 Å². The van der Waals surface area contributed by atoms with Gasteiger partial charge < -0.3 is 9.84 Å². The molecule has 0 radical (unpaired) electrons. The Kier molecular flexibility index (Phi) is 4.35. The molecule has 2 aromatic carbocycles. The van der Waals surface area contributed by atoms with Gasteiger partial charge in [0.25, 0.3) is 0 Å². The van der Waals surface area contributed by atoms with E-state index in [-0.39, 0.29) is 6.42 Å². The van der Waals surface area contributed by atoms with Crippen LogP contribution in [-0.2, 0) is 16.0 Å². The molecule has 0 bridgehead atoms. The Bertz CT molecular complexity index is 646. The molecule has 1 N–H and O–H groups in total. The Morgan fingerprint density at radius 2 is 1.80 bits per heavy atom. The van der Waals surface area contributed by atoms with Gasteiger partial charge in [-0.2, -0.15) is 0 Å². The Labute approximate surface area is 117 Å². The molecule has 2 rings (SSSR count). The molecule has 0 aromatic heterocycles. The maximum absolute atomic E-state index is 11.0. The van der Waals surface area contributed by atoms with Gasteiger partial charge in [0.2, 0.25) is 5.78 Å². The van der Waals surface area contributed by atoms with Crippen LogP contribution in [0, 0.1) is 0 Å². The van der Waals surface area contributed by atoms with Crippen molar-refractivity contribution in [1.29, 1.82) is 0 Å². The van der Waals surface area contributed by atoms with Crippen LogP contribution in [0.15, 0.2) is 36.4 Å². The van der Waals surface area contributed by atoms with Crippen LogP contribution in [0.2, 0.25) is 0 Å². The second-order valence-corrected chi connectivity index (χ2v) is 4.63. The molecule has 0 saturated carbocycles. The fraction of sp³-hybridized carbons (Fsp3) is 0.250. The summed E-state index contributed by atoms with van der Waals surface area (Å²) >= 11 is 0. The number of aliphatic carboxylic acids is 1. The van der Waals surface area contributed by atoms with E-state index in [1.807, 2.05) is 30.3 Å². The minimum Gasteiger partial charge on any atom is -0.497 e. The van der Waals surface area contributed by atoms with Gasteiger partial charge in [-0.25, -0.2) is 4.79 Å². The molecule has 0 saturated heterocycles. The van der Waals surface area contributed by atoms with E-state index in [9.17, 15) is 9.59 Å². The summed E-state index contributed by atoms with van der Waals surface area (Å²) in [5, 5.41) is 10.7. The molecule has 0 heterocycles. The van der Waals surface area contributed by atoms with Gasteiger partial charge in [0.15, 0.2) is 0 Å². The van der Waals surface area contributed by atoms with Crippen LogP contribution in [0.1, 0.15) is 18.4 Å². The molecule has 0 aliphatic carbocycles. The molecule has 4 heteroatoms. The highest BCUT2D eigenvalue weighted by Gasteiger charge is 2.10. The number of methoxy groups -OCH3 is 1.